The van der Waals surface area contributed by atoms with Crippen molar-refractivity contribution in [2.24, 2.45) is 5.92 Å². The highest BCUT2D eigenvalue weighted by molar-refractivity contribution is 6.52. The highest BCUT2D eigenvalue weighted by Gasteiger charge is 2.34. The van der Waals surface area contributed by atoms with Crippen molar-refractivity contribution >= 4 is 23.1 Å². The van der Waals surface area contributed by atoms with E-state index < -0.39 is 11.7 Å². The number of Topliss-reactive ketones (excluding diaryl/α,β-unsaturated/α-hetero) is 1. The van der Waals surface area contributed by atoms with Gasteiger partial charge in [-0.1, -0.05) is 6.92 Å². The van der Waals surface area contributed by atoms with Crippen molar-refractivity contribution < 1.29 is 9.59 Å². The normalized spacial score (nSPS) is 22.9. The number of rotatable bonds is 1. The van der Waals surface area contributed by atoms with Gasteiger partial charge in [-0.25, -0.2) is 0 Å². The minimum atomic E-state index is -0.433. The van der Waals surface area contributed by atoms with Gasteiger partial charge < -0.3 is 9.80 Å². The Balaban J connectivity index is 1.98. The number of benzene rings is 1. The first-order chi connectivity index (χ1) is 8.58. The molecular weight excluding hydrogens is 228 g/mol. The standard InChI is InChI=1S/C14H16N2O2/c1-9-5-6-16(8-9)10-3-4-11-12(7-10)15(2)14(18)13(11)17/h3-4,7,9H,5-6,8H2,1-2H3. The van der Waals surface area contributed by atoms with Gasteiger partial charge in [0.15, 0.2) is 0 Å². The Morgan fingerprint density at radius 3 is 2.72 bits per heavy atom. The van der Waals surface area contributed by atoms with Gasteiger partial charge in [0.25, 0.3) is 11.7 Å². The number of fused-ring (bicyclic) bond motifs is 1. The fourth-order valence-corrected chi connectivity index (χ4v) is 2.73. The van der Waals surface area contributed by atoms with Crippen molar-refractivity contribution in [2.45, 2.75) is 13.3 Å². The summed E-state index contributed by atoms with van der Waals surface area (Å²) in [6, 6.07) is 5.68. The minimum absolute atomic E-state index is 0.395. The van der Waals surface area contributed by atoms with E-state index in [-0.39, 0.29) is 0 Å². The van der Waals surface area contributed by atoms with E-state index in [9.17, 15) is 9.59 Å². The lowest BCUT2D eigenvalue weighted by molar-refractivity contribution is -0.114. The largest absolute Gasteiger partial charge is 0.371 e. The first-order valence-electron chi connectivity index (χ1n) is 6.29. The number of hydrogen-bond acceptors (Lipinski definition) is 3. The molecule has 1 aromatic carbocycles. The van der Waals surface area contributed by atoms with Crippen LogP contribution < -0.4 is 9.80 Å². The molecule has 1 aromatic rings. The molecular formula is C14H16N2O2. The summed E-state index contributed by atoms with van der Waals surface area (Å²) in [6.45, 7) is 4.34. The van der Waals surface area contributed by atoms with E-state index in [1.807, 2.05) is 12.1 Å². The fraction of sp³-hybridized carbons (Fsp3) is 0.429. The molecule has 18 heavy (non-hydrogen) atoms. The minimum Gasteiger partial charge on any atom is -0.371 e. The molecule has 1 saturated heterocycles. The van der Waals surface area contributed by atoms with Crippen molar-refractivity contribution in [1.29, 1.82) is 0 Å². The lowest BCUT2D eigenvalue weighted by Gasteiger charge is -2.20. The number of carbonyl (C=O) groups is 2. The van der Waals surface area contributed by atoms with E-state index in [0.717, 1.165) is 24.5 Å². The molecule has 4 nitrogen and oxygen atoms in total. The van der Waals surface area contributed by atoms with Crippen LogP contribution in [-0.2, 0) is 4.79 Å². The maximum Gasteiger partial charge on any atom is 0.299 e. The third-order valence-corrected chi connectivity index (χ3v) is 3.88. The number of hydrogen-bond donors (Lipinski definition) is 0. The van der Waals surface area contributed by atoms with Crippen LogP contribution in [0.5, 0.6) is 0 Å². The number of carbonyl (C=O) groups excluding carboxylic acids is 2. The smallest absolute Gasteiger partial charge is 0.299 e. The van der Waals surface area contributed by atoms with E-state index in [0.29, 0.717) is 11.5 Å². The highest BCUT2D eigenvalue weighted by Crippen LogP contribution is 2.33. The first kappa shape index (κ1) is 11.3. The van der Waals surface area contributed by atoms with Crippen LogP contribution in [0.3, 0.4) is 0 Å². The van der Waals surface area contributed by atoms with Gasteiger partial charge in [0, 0.05) is 25.8 Å². The van der Waals surface area contributed by atoms with Crippen LogP contribution in [0.15, 0.2) is 18.2 Å². The zero-order valence-electron chi connectivity index (χ0n) is 10.6. The molecule has 2 aliphatic heterocycles. The third kappa shape index (κ3) is 1.52. The van der Waals surface area contributed by atoms with Gasteiger partial charge in [-0.05, 0) is 30.5 Å². The Bertz CT molecular complexity index is 539. The quantitative estimate of drug-likeness (QED) is 0.706. The van der Waals surface area contributed by atoms with Crippen molar-refractivity contribution in [2.75, 3.05) is 29.9 Å². The summed E-state index contributed by atoms with van der Waals surface area (Å²) >= 11 is 0. The van der Waals surface area contributed by atoms with Gasteiger partial charge in [-0.15, -0.1) is 0 Å². The number of likely N-dealkylation sites (N-methyl/N-ethyl adjacent to an activating group) is 1. The monoisotopic (exact) mass is 244 g/mol. The summed E-state index contributed by atoms with van der Waals surface area (Å²) in [5.74, 6) is -0.120. The molecule has 0 aliphatic carbocycles. The summed E-state index contributed by atoms with van der Waals surface area (Å²) in [5, 5.41) is 0. The highest BCUT2D eigenvalue weighted by atomic mass is 16.2. The van der Waals surface area contributed by atoms with E-state index in [1.54, 1.807) is 13.1 Å². The summed E-state index contributed by atoms with van der Waals surface area (Å²) in [6.07, 6.45) is 1.20. The molecule has 3 rings (SSSR count). The molecule has 1 fully saturated rings. The predicted octanol–water partition coefficient (Wildman–Crippen LogP) is 1.69. The summed E-state index contributed by atoms with van der Waals surface area (Å²) in [4.78, 5) is 27.1. The van der Waals surface area contributed by atoms with E-state index in [1.165, 1.54) is 11.3 Å². The van der Waals surface area contributed by atoms with Crippen molar-refractivity contribution in [3.05, 3.63) is 23.8 Å². The van der Waals surface area contributed by atoms with Crippen LogP contribution in [-0.4, -0.2) is 31.8 Å². The van der Waals surface area contributed by atoms with Gasteiger partial charge in [-0.2, -0.15) is 0 Å². The van der Waals surface area contributed by atoms with Crippen molar-refractivity contribution in [3.8, 4) is 0 Å². The number of anilines is 2. The van der Waals surface area contributed by atoms with Crippen LogP contribution in [0.4, 0.5) is 11.4 Å². The summed E-state index contributed by atoms with van der Waals surface area (Å²) in [5.41, 5.74) is 2.37. The second kappa shape index (κ2) is 3.83. The van der Waals surface area contributed by atoms with Crippen LogP contribution in [0.25, 0.3) is 0 Å². The van der Waals surface area contributed by atoms with Gasteiger partial charge in [-0.3, -0.25) is 9.59 Å². The number of nitrogens with zero attached hydrogens (tertiary/aromatic N) is 2. The van der Waals surface area contributed by atoms with Crippen molar-refractivity contribution in [1.82, 2.24) is 0 Å². The molecule has 2 heterocycles. The lowest BCUT2D eigenvalue weighted by atomic mass is 10.1. The molecule has 94 valence electrons. The maximum atomic E-state index is 11.7. The SMILES string of the molecule is CC1CCN(c2ccc3c(c2)N(C)C(=O)C3=O)C1. The number of ketones is 1. The van der Waals surface area contributed by atoms with Gasteiger partial charge in [0.05, 0.1) is 11.3 Å². The molecule has 1 atom stereocenters. The van der Waals surface area contributed by atoms with Gasteiger partial charge in [0.1, 0.15) is 0 Å². The van der Waals surface area contributed by atoms with E-state index >= 15 is 0 Å². The maximum absolute atomic E-state index is 11.7. The lowest BCUT2D eigenvalue weighted by Crippen LogP contribution is -2.25. The van der Waals surface area contributed by atoms with Crippen molar-refractivity contribution in [3.63, 3.8) is 0 Å². The molecule has 0 saturated carbocycles. The molecule has 0 N–H and O–H groups in total. The summed E-state index contributed by atoms with van der Waals surface area (Å²) in [7, 11) is 1.66. The molecule has 2 aliphatic rings. The zero-order chi connectivity index (χ0) is 12.9. The Hall–Kier alpha value is -1.84. The zero-order valence-corrected chi connectivity index (χ0v) is 10.6. The number of amides is 1. The molecule has 0 aromatic heterocycles. The Labute approximate surface area is 106 Å². The topological polar surface area (TPSA) is 40.6 Å². The van der Waals surface area contributed by atoms with Crippen LogP contribution in [0.2, 0.25) is 0 Å². The molecule has 1 unspecified atom stereocenters. The Kier molecular flexibility index (Phi) is 2.40. The molecule has 0 radical (unpaired) electrons. The predicted molar refractivity (Wildman–Crippen MR) is 70.2 cm³/mol. The van der Waals surface area contributed by atoms with Gasteiger partial charge >= 0.3 is 0 Å². The van der Waals surface area contributed by atoms with Crippen LogP contribution >= 0.6 is 0 Å². The Morgan fingerprint density at radius 2 is 2.06 bits per heavy atom. The molecule has 4 heteroatoms. The van der Waals surface area contributed by atoms with E-state index in [4.69, 9.17) is 0 Å². The second-order valence-corrected chi connectivity index (χ2v) is 5.23. The average molecular weight is 244 g/mol. The average Bonchev–Trinajstić information content (AvgIpc) is 2.89. The van der Waals surface area contributed by atoms with Crippen LogP contribution in [0.1, 0.15) is 23.7 Å². The first-order valence-corrected chi connectivity index (χ1v) is 6.29. The Morgan fingerprint density at radius 1 is 1.28 bits per heavy atom. The van der Waals surface area contributed by atoms with Crippen LogP contribution in [0, 0.1) is 5.92 Å². The second-order valence-electron chi connectivity index (χ2n) is 5.23. The molecule has 1 amide bonds. The molecule has 0 spiro atoms. The van der Waals surface area contributed by atoms with E-state index in [2.05, 4.69) is 11.8 Å². The third-order valence-electron chi connectivity index (χ3n) is 3.88. The fourth-order valence-electron chi connectivity index (χ4n) is 2.73. The van der Waals surface area contributed by atoms with Gasteiger partial charge in [0.2, 0.25) is 0 Å². The molecule has 0 bridgehead atoms. The summed E-state index contributed by atoms with van der Waals surface area (Å²) < 4.78 is 0.